The van der Waals surface area contributed by atoms with Gasteiger partial charge in [0.2, 0.25) is 5.91 Å². The largest absolute Gasteiger partial charge is 0.273 e. The summed E-state index contributed by atoms with van der Waals surface area (Å²) in [5.74, 6) is -2.41. The van der Waals surface area contributed by atoms with Crippen LogP contribution in [0.15, 0.2) is 84.9 Å². The molecule has 3 aromatic carbocycles. The Morgan fingerprint density at radius 3 is 2.07 bits per heavy atom. The number of hydrogen-bond donors (Lipinski definition) is 0. The Balaban J connectivity index is 1.60. The van der Waals surface area contributed by atoms with Gasteiger partial charge in [-0.05, 0) is 29.8 Å². The molecule has 0 unspecified atom stereocenters. The monoisotopic (exact) mass is 388 g/mol. The molecule has 3 aromatic rings. The van der Waals surface area contributed by atoms with E-state index >= 15 is 0 Å². The Hall–Kier alpha value is -3.51. The van der Waals surface area contributed by atoms with Gasteiger partial charge in [-0.2, -0.15) is 0 Å². The maximum absolute atomic E-state index is 14.3. The van der Waals surface area contributed by atoms with Gasteiger partial charge < -0.3 is 0 Å². The maximum atomic E-state index is 14.3. The van der Waals surface area contributed by atoms with Gasteiger partial charge >= 0.3 is 0 Å². The fourth-order valence-electron chi connectivity index (χ4n) is 4.07. The first kappa shape index (κ1) is 17.6. The fourth-order valence-corrected chi connectivity index (χ4v) is 4.07. The standard InChI is InChI=1S/C23H17FN2O3/c24-17-13-7-8-14-18(17)25-22(27)19-20(15-9-3-1-4-10-15)26(29-21(19)23(25)28)16-11-5-2-6-12-16/h1-14,19-21H/t19-,20+,21-/m0/s1. The predicted molar refractivity (Wildman–Crippen MR) is 105 cm³/mol. The fraction of sp³-hybridized carbons (Fsp3) is 0.130. The van der Waals surface area contributed by atoms with Crippen LogP contribution >= 0.6 is 0 Å². The van der Waals surface area contributed by atoms with Gasteiger partial charge in [-0.3, -0.25) is 14.4 Å². The minimum Gasteiger partial charge on any atom is -0.273 e. The molecule has 144 valence electrons. The van der Waals surface area contributed by atoms with E-state index in [0.29, 0.717) is 0 Å². The van der Waals surface area contributed by atoms with E-state index in [0.717, 1.165) is 16.2 Å². The van der Waals surface area contributed by atoms with Crippen LogP contribution < -0.4 is 9.96 Å². The highest BCUT2D eigenvalue weighted by molar-refractivity contribution is 6.24. The van der Waals surface area contributed by atoms with E-state index in [2.05, 4.69) is 0 Å². The van der Waals surface area contributed by atoms with Gasteiger partial charge in [-0.15, -0.1) is 0 Å². The van der Waals surface area contributed by atoms with Gasteiger partial charge in [0, 0.05) is 0 Å². The Morgan fingerprint density at radius 1 is 0.759 bits per heavy atom. The molecule has 6 heteroatoms. The predicted octanol–water partition coefficient (Wildman–Crippen LogP) is 3.88. The molecule has 2 amide bonds. The van der Waals surface area contributed by atoms with Crippen molar-refractivity contribution >= 4 is 23.2 Å². The van der Waals surface area contributed by atoms with E-state index in [1.54, 1.807) is 11.1 Å². The molecule has 0 bridgehead atoms. The second-order valence-electron chi connectivity index (χ2n) is 7.03. The van der Waals surface area contributed by atoms with Crippen molar-refractivity contribution in [1.29, 1.82) is 0 Å². The van der Waals surface area contributed by atoms with E-state index in [-0.39, 0.29) is 5.69 Å². The lowest BCUT2D eigenvalue weighted by atomic mass is 9.90. The number of anilines is 2. The summed E-state index contributed by atoms with van der Waals surface area (Å²) >= 11 is 0. The third-order valence-corrected chi connectivity index (χ3v) is 5.36. The molecule has 2 aliphatic rings. The van der Waals surface area contributed by atoms with E-state index < -0.39 is 35.7 Å². The molecule has 0 spiro atoms. The van der Waals surface area contributed by atoms with Crippen LogP contribution in [0.1, 0.15) is 11.6 Å². The van der Waals surface area contributed by atoms with E-state index in [9.17, 15) is 14.0 Å². The molecule has 0 radical (unpaired) electrons. The van der Waals surface area contributed by atoms with Gasteiger partial charge in [-0.25, -0.2) is 14.4 Å². The summed E-state index contributed by atoms with van der Waals surface area (Å²) in [5.41, 5.74) is 1.55. The van der Waals surface area contributed by atoms with Crippen LogP contribution in [0, 0.1) is 11.7 Å². The molecule has 2 fully saturated rings. The van der Waals surface area contributed by atoms with Crippen molar-refractivity contribution in [3.05, 3.63) is 96.3 Å². The number of amides is 2. The van der Waals surface area contributed by atoms with Crippen molar-refractivity contribution in [2.24, 2.45) is 5.92 Å². The molecule has 5 nitrogen and oxygen atoms in total. The Bertz CT molecular complexity index is 1070. The molecular weight excluding hydrogens is 371 g/mol. The number of hydroxylamine groups is 1. The number of fused-ring (bicyclic) bond motifs is 1. The molecule has 0 N–H and O–H groups in total. The Labute approximate surface area is 166 Å². The summed E-state index contributed by atoms with van der Waals surface area (Å²) < 4.78 is 14.3. The number of halogens is 1. The van der Waals surface area contributed by atoms with E-state index in [4.69, 9.17) is 4.84 Å². The minimum absolute atomic E-state index is 0.0430. The van der Waals surface area contributed by atoms with Crippen molar-refractivity contribution in [3.63, 3.8) is 0 Å². The summed E-state index contributed by atoms with van der Waals surface area (Å²) in [5, 5.41) is 1.62. The summed E-state index contributed by atoms with van der Waals surface area (Å²) in [4.78, 5) is 33.4. The zero-order chi connectivity index (χ0) is 20.0. The molecule has 29 heavy (non-hydrogen) atoms. The number of carbonyl (C=O) groups is 2. The second-order valence-corrected chi connectivity index (χ2v) is 7.03. The third-order valence-electron chi connectivity index (χ3n) is 5.36. The van der Waals surface area contributed by atoms with Gasteiger partial charge in [0.15, 0.2) is 6.10 Å². The summed E-state index contributed by atoms with van der Waals surface area (Å²) in [6.45, 7) is 0. The average Bonchev–Trinajstić information content (AvgIpc) is 3.26. The van der Waals surface area contributed by atoms with Crippen molar-refractivity contribution in [2.75, 3.05) is 9.96 Å². The minimum atomic E-state index is -1.01. The van der Waals surface area contributed by atoms with Crippen LogP contribution in [0.25, 0.3) is 0 Å². The number of imide groups is 1. The van der Waals surface area contributed by atoms with Crippen LogP contribution in [0.5, 0.6) is 0 Å². The molecule has 0 saturated carbocycles. The third kappa shape index (κ3) is 2.72. The number of nitrogens with zero attached hydrogens (tertiary/aromatic N) is 2. The quantitative estimate of drug-likeness (QED) is 0.639. The lowest BCUT2D eigenvalue weighted by Gasteiger charge is -2.28. The summed E-state index contributed by atoms with van der Waals surface area (Å²) in [7, 11) is 0. The van der Waals surface area contributed by atoms with Crippen LogP contribution in [0.2, 0.25) is 0 Å². The number of para-hydroxylation sites is 2. The zero-order valence-corrected chi connectivity index (χ0v) is 15.3. The molecule has 5 rings (SSSR count). The van der Waals surface area contributed by atoms with Crippen molar-refractivity contribution in [3.8, 4) is 0 Å². The van der Waals surface area contributed by atoms with Crippen LogP contribution in [-0.2, 0) is 14.4 Å². The van der Waals surface area contributed by atoms with Gasteiger partial charge in [0.25, 0.3) is 5.91 Å². The SMILES string of the molecule is O=C1[C@@H]2[C@H](ON(c3ccccc3)[C@@H]2c2ccccc2)C(=O)N1c1ccccc1F. The first-order chi connectivity index (χ1) is 14.2. The van der Waals surface area contributed by atoms with Crippen LogP contribution in [-0.4, -0.2) is 17.9 Å². The normalized spacial score (nSPS) is 23.6. The molecule has 2 heterocycles. The Morgan fingerprint density at radius 2 is 1.38 bits per heavy atom. The summed E-state index contributed by atoms with van der Waals surface area (Å²) in [6, 6.07) is 24.0. The molecular formula is C23H17FN2O3. The van der Waals surface area contributed by atoms with Crippen LogP contribution in [0.4, 0.5) is 15.8 Å². The summed E-state index contributed by atoms with van der Waals surface area (Å²) in [6.07, 6.45) is -1.01. The number of rotatable bonds is 3. The Kier molecular flexibility index (Phi) is 4.14. The van der Waals surface area contributed by atoms with Gasteiger partial charge in [0.05, 0.1) is 17.4 Å². The molecule has 0 aromatic heterocycles. The highest BCUT2D eigenvalue weighted by Crippen LogP contribution is 2.47. The average molecular weight is 388 g/mol. The molecule has 2 saturated heterocycles. The molecule has 3 atom stereocenters. The van der Waals surface area contributed by atoms with E-state index in [1.807, 2.05) is 60.7 Å². The number of hydrogen-bond acceptors (Lipinski definition) is 4. The van der Waals surface area contributed by atoms with Gasteiger partial charge in [-0.1, -0.05) is 60.7 Å². The maximum Gasteiger partial charge on any atom is 0.266 e. The van der Waals surface area contributed by atoms with Crippen LogP contribution in [0.3, 0.4) is 0 Å². The van der Waals surface area contributed by atoms with Crippen molar-refractivity contribution < 1.29 is 18.8 Å². The van der Waals surface area contributed by atoms with Crippen molar-refractivity contribution in [2.45, 2.75) is 12.1 Å². The lowest BCUT2D eigenvalue weighted by molar-refractivity contribution is -0.126. The molecule has 0 aliphatic carbocycles. The first-order valence-electron chi connectivity index (χ1n) is 9.35. The second kappa shape index (κ2) is 6.83. The van der Waals surface area contributed by atoms with E-state index in [1.165, 1.54) is 18.2 Å². The lowest BCUT2D eigenvalue weighted by Crippen LogP contribution is -2.37. The number of benzene rings is 3. The zero-order valence-electron chi connectivity index (χ0n) is 15.3. The number of carbonyl (C=O) groups excluding carboxylic acids is 2. The highest BCUT2D eigenvalue weighted by Gasteiger charge is 2.60. The smallest absolute Gasteiger partial charge is 0.266 e. The first-order valence-corrected chi connectivity index (χ1v) is 9.35. The van der Waals surface area contributed by atoms with Gasteiger partial charge in [0.1, 0.15) is 11.7 Å². The topological polar surface area (TPSA) is 49.9 Å². The highest BCUT2D eigenvalue weighted by atomic mass is 19.1. The molecule has 2 aliphatic heterocycles. The van der Waals surface area contributed by atoms with Crippen molar-refractivity contribution in [1.82, 2.24) is 0 Å².